The first-order valence-corrected chi connectivity index (χ1v) is 7.29. The highest BCUT2D eigenvalue weighted by molar-refractivity contribution is 5.85. The first-order chi connectivity index (χ1) is 8.92. The minimum Gasteiger partial charge on any atom is -0.315 e. The number of pyridine rings is 1. The molecule has 3 nitrogen and oxygen atoms in total. The van der Waals surface area contributed by atoms with E-state index in [2.05, 4.69) is 27.8 Å². The molecule has 1 saturated carbocycles. The largest absolute Gasteiger partial charge is 0.315 e. The topological polar surface area (TPSA) is 37.0 Å². The Hall–Kier alpha value is -0.640. The molecule has 3 rings (SSSR count). The molecule has 2 N–H and O–H groups in total. The third-order valence-corrected chi connectivity index (χ3v) is 4.36. The van der Waals surface area contributed by atoms with E-state index >= 15 is 0 Å². The molecule has 1 aromatic rings. The maximum Gasteiger partial charge on any atom is 0.0434 e. The molecule has 2 heterocycles. The molecular weight excluding hydrogens is 258 g/mol. The normalized spacial score (nSPS) is 30.8. The Kier molecular flexibility index (Phi) is 5.61. The number of hydrogen-bond donors (Lipinski definition) is 2. The Labute approximate surface area is 122 Å². The van der Waals surface area contributed by atoms with Crippen LogP contribution in [0.1, 0.15) is 43.7 Å². The lowest BCUT2D eigenvalue weighted by Gasteiger charge is -2.30. The van der Waals surface area contributed by atoms with Crippen molar-refractivity contribution in [1.82, 2.24) is 15.6 Å². The third kappa shape index (κ3) is 3.91. The zero-order chi connectivity index (χ0) is 12.2. The maximum absolute atomic E-state index is 4.50. The predicted octanol–water partition coefficient (Wildman–Crippen LogP) is 2.48. The Bertz CT molecular complexity index is 357. The van der Waals surface area contributed by atoms with Crippen molar-refractivity contribution in [2.45, 2.75) is 50.1 Å². The monoisotopic (exact) mass is 281 g/mol. The zero-order valence-electron chi connectivity index (χ0n) is 11.3. The van der Waals surface area contributed by atoms with Crippen molar-refractivity contribution < 1.29 is 0 Å². The number of hydrogen-bond acceptors (Lipinski definition) is 3. The van der Waals surface area contributed by atoms with Gasteiger partial charge in [-0.1, -0.05) is 6.07 Å². The summed E-state index contributed by atoms with van der Waals surface area (Å²) in [5, 5.41) is 7.23. The van der Waals surface area contributed by atoms with Gasteiger partial charge in [-0.05, 0) is 50.8 Å². The van der Waals surface area contributed by atoms with Crippen molar-refractivity contribution >= 4 is 12.4 Å². The minimum absolute atomic E-state index is 0. The van der Waals surface area contributed by atoms with E-state index < -0.39 is 0 Å². The molecule has 2 aliphatic rings. The predicted molar refractivity (Wildman–Crippen MR) is 80.9 cm³/mol. The third-order valence-electron chi connectivity index (χ3n) is 4.36. The summed E-state index contributed by atoms with van der Waals surface area (Å²) in [6.45, 7) is 2.33. The van der Waals surface area contributed by atoms with E-state index in [1.807, 2.05) is 12.3 Å². The average Bonchev–Trinajstić information content (AvgIpc) is 2.94. The molecule has 1 aliphatic carbocycles. The molecule has 0 radical (unpaired) electrons. The van der Waals surface area contributed by atoms with Gasteiger partial charge in [-0.2, -0.15) is 0 Å². The standard InChI is InChI=1S/C15H23N3.ClH/c1-2-9-17-15(3-1)12-4-6-13(7-5-12)18-14-8-10-16-11-14;/h1-3,9,12-14,16,18H,4-8,10-11H2;1H/t12?,13?,14-;/m1./s1. The van der Waals surface area contributed by atoms with E-state index in [9.17, 15) is 0 Å². The Morgan fingerprint density at radius 2 is 1.89 bits per heavy atom. The lowest BCUT2D eigenvalue weighted by Crippen LogP contribution is -2.41. The fraction of sp³-hybridized carbons (Fsp3) is 0.667. The van der Waals surface area contributed by atoms with E-state index in [-0.39, 0.29) is 12.4 Å². The van der Waals surface area contributed by atoms with Gasteiger partial charge in [0.2, 0.25) is 0 Å². The van der Waals surface area contributed by atoms with Crippen LogP contribution in [-0.4, -0.2) is 30.2 Å². The van der Waals surface area contributed by atoms with Gasteiger partial charge in [0.15, 0.2) is 0 Å². The summed E-state index contributed by atoms with van der Waals surface area (Å²) in [5.41, 5.74) is 1.29. The molecule has 0 spiro atoms. The fourth-order valence-electron chi connectivity index (χ4n) is 3.30. The lowest BCUT2D eigenvalue weighted by atomic mass is 9.83. The Morgan fingerprint density at radius 3 is 2.53 bits per heavy atom. The quantitative estimate of drug-likeness (QED) is 0.894. The number of rotatable bonds is 3. The van der Waals surface area contributed by atoms with Gasteiger partial charge < -0.3 is 10.6 Å². The molecule has 1 aromatic heterocycles. The van der Waals surface area contributed by atoms with Crippen LogP contribution in [0.3, 0.4) is 0 Å². The summed E-state index contributed by atoms with van der Waals surface area (Å²) in [7, 11) is 0. The van der Waals surface area contributed by atoms with Crippen molar-refractivity contribution in [3.05, 3.63) is 30.1 Å². The van der Waals surface area contributed by atoms with Gasteiger partial charge in [-0.25, -0.2) is 0 Å². The van der Waals surface area contributed by atoms with Crippen LogP contribution >= 0.6 is 12.4 Å². The SMILES string of the molecule is Cl.c1ccc(C2CCC(N[C@@H]3CCNC3)CC2)nc1. The first-order valence-electron chi connectivity index (χ1n) is 7.29. The van der Waals surface area contributed by atoms with E-state index in [0.717, 1.165) is 12.6 Å². The van der Waals surface area contributed by atoms with E-state index in [0.29, 0.717) is 12.0 Å². The van der Waals surface area contributed by atoms with Crippen LogP contribution in [0.15, 0.2) is 24.4 Å². The van der Waals surface area contributed by atoms with Crippen molar-refractivity contribution in [1.29, 1.82) is 0 Å². The van der Waals surface area contributed by atoms with Crippen LogP contribution < -0.4 is 10.6 Å². The van der Waals surface area contributed by atoms with Crippen molar-refractivity contribution in [2.75, 3.05) is 13.1 Å². The molecule has 2 fully saturated rings. The highest BCUT2D eigenvalue weighted by Gasteiger charge is 2.25. The Morgan fingerprint density at radius 1 is 1.05 bits per heavy atom. The van der Waals surface area contributed by atoms with E-state index in [1.54, 1.807) is 0 Å². The second kappa shape index (κ2) is 7.22. The van der Waals surface area contributed by atoms with Gasteiger partial charge in [0.05, 0.1) is 0 Å². The molecule has 0 unspecified atom stereocenters. The summed E-state index contributed by atoms with van der Waals surface area (Å²) in [5.74, 6) is 0.686. The summed E-state index contributed by atoms with van der Waals surface area (Å²) in [6.07, 6.45) is 8.39. The smallest absolute Gasteiger partial charge is 0.0434 e. The zero-order valence-corrected chi connectivity index (χ0v) is 12.2. The van der Waals surface area contributed by atoms with Gasteiger partial charge in [-0.3, -0.25) is 4.98 Å². The van der Waals surface area contributed by atoms with Gasteiger partial charge >= 0.3 is 0 Å². The van der Waals surface area contributed by atoms with Gasteiger partial charge in [0.1, 0.15) is 0 Å². The van der Waals surface area contributed by atoms with Crippen LogP contribution in [0, 0.1) is 0 Å². The number of aromatic nitrogens is 1. The molecule has 0 amide bonds. The summed E-state index contributed by atoms with van der Waals surface area (Å²) >= 11 is 0. The van der Waals surface area contributed by atoms with Crippen LogP contribution in [0.5, 0.6) is 0 Å². The fourth-order valence-corrected chi connectivity index (χ4v) is 3.30. The molecule has 106 valence electrons. The van der Waals surface area contributed by atoms with Gasteiger partial charge in [-0.15, -0.1) is 12.4 Å². The summed E-state index contributed by atoms with van der Waals surface area (Å²) in [6, 6.07) is 7.73. The maximum atomic E-state index is 4.50. The van der Waals surface area contributed by atoms with Crippen molar-refractivity contribution in [3.63, 3.8) is 0 Å². The second-order valence-electron chi connectivity index (χ2n) is 5.66. The van der Waals surface area contributed by atoms with E-state index in [1.165, 1.54) is 44.3 Å². The number of halogens is 1. The first kappa shape index (κ1) is 14.8. The molecule has 1 saturated heterocycles. The van der Waals surface area contributed by atoms with Crippen LogP contribution in [0.25, 0.3) is 0 Å². The second-order valence-corrected chi connectivity index (χ2v) is 5.66. The van der Waals surface area contributed by atoms with Gasteiger partial charge in [0, 0.05) is 36.4 Å². The summed E-state index contributed by atoms with van der Waals surface area (Å²) in [4.78, 5) is 4.50. The molecule has 4 heteroatoms. The van der Waals surface area contributed by atoms with Gasteiger partial charge in [0.25, 0.3) is 0 Å². The average molecular weight is 282 g/mol. The molecule has 1 aliphatic heterocycles. The van der Waals surface area contributed by atoms with Crippen LogP contribution in [0.2, 0.25) is 0 Å². The molecular formula is C15H24ClN3. The Balaban J connectivity index is 0.00000133. The lowest BCUT2D eigenvalue weighted by molar-refractivity contribution is 0.317. The molecule has 19 heavy (non-hydrogen) atoms. The number of nitrogens with zero attached hydrogens (tertiary/aromatic N) is 1. The van der Waals surface area contributed by atoms with Crippen molar-refractivity contribution in [2.24, 2.45) is 0 Å². The van der Waals surface area contributed by atoms with Crippen LogP contribution in [0.4, 0.5) is 0 Å². The van der Waals surface area contributed by atoms with Crippen LogP contribution in [-0.2, 0) is 0 Å². The molecule has 0 aromatic carbocycles. The molecule has 0 bridgehead atoms. The number of nitrogens with one attached hydrogen (secondary N) is 2. The van der Waals surface area contributed by atoms with Crippen molar-refractivity contribution in [3.8, 4) is 0 Å². The van der Waals surface area contributed by atoms with E-state index in [4.69, 9.17) is 0 Å². The summed E-state index contributed by atoms with van der Waals surface area (Å²) < 4.78 is 0. The minimum atomic E-state index is 0. The molecule has 1 atom stereocenters. The highest BCUT2D eigenvalue weighted by atomic mass is 35.5. The highest BCUT2D eigenvalue weighted by Crippen LogP contribution is 2.31.